The van der Waals surface area contributed by atoms with E-state index in [-0.39, 0.29) is 17.1 Å². The number of halogens is 1. The van der Waals surface area contributed by atoms with Gasteiger partial charge in [-0.25, -0.2) is 9.97 Å². The summed E-state index contributed by atoms with van der Waals surface area (Å²) in [7, 11) is 0. The monoisotopic (exact) mass is 529 g/mol. The SMILES string of the molecule is Cc1nc2ccc(Br)cc2c(=O)n1N=Cc1c(Oc2ccc([N+](=O)[O-])cn2)ccc2ccccc12. The summed E-state index contributed by atoms with van der Waals surface area (Å²) < 4.78 is 7.96. The molecule has 0 radical (unpaired) electrons. The van der Waals surface area contributed by atoms with E-state index in [2.05, 4.69) is 31.0 Å². The van der Waals surface area contributed by atoms with E-state index in [1.807, 2.05) is 36.4 Å². The van der Waals surface area contributed by atoms with Gasteiger partial charge in [-0.3, -0.25) is 14.9 Å². The molecule has 0 unspecified atom stereocenters. The summed E-state index contributed by atoms with van der Waals surface area (Å²) in [4.78, 5) is 32.1. The second-order valence-corrected chi connectivity index (χ2v) is 8.51. The Kier molecular flexibility index (Phi) is 5.79. The summed E-state index contributed by atoms with van der Waals surface area (Å²) in [6, 6.07) is 19.4. The van der Waals surface area contributed by atoms with Crippen molar-refractivity contribution in [2.24, 2.45) is 5.10 Å². The van der Waals surface area contributed by atoms with Crippen LogP contribution in [0.1, 0.15) is 11.4 Å². The lowest BCUT2D eigenvalue weighted by Crippen LogP contribution is -2.20. The molecule has 35 heavy (non-hydrogen) atoms. The lowest BCUT2D eigenvalue weighted by Gasteiger charge is -2.11. The number of rotatable bonds is 5. The number of benzene rings is 3. The summed E-state index contributed by atoms with van der Waals surface area (Å²) in [5, 5.41) is 17.6. The number of hydrogen-bond donors (Lipinski definition) is 0. The van der Waals surface area contributed by atoms with E-state index in [1.54, 1.807) is 31.3 Å². The second kappa shape index (κ2) is 9.07. The van der Waals surface area contributed by atoms with Gasteiger partial charge in [0.25, 0.3) is 11.2 Å². The summed E-state index contributed by atoms with van der Waals surface area (Å²) >= 11 is 3.39. The highest BCUT2D eigenvalue weighted by molar-refractivity contribution is 9.10. The van der Waals surface area contributed by atoms with Crippen molar-refractivity contribution in [1.82, 2.24) is 14.6 Å². The Morgan fingerprint density at radius 1 is 1.09 bits per heavy atom. The number of aryl methyl sites for hydroxylation is 1. The predicted molar refractivity (Wildman–Crippen MR) is 136 cm³/mol. The van der Waals surface area contributed by atoms with Crippen LogP contribution in [0.15, 0.2) is 87.3 Å². The molecule has 9 nitrogen and oxygen atoms in total. The van der Waals surface area contributed by atoms with Gasteiger partial charge in [-0.05, 0) is 42.0 Å². The standard InChI is InChI=1S/C25H16BrN5O4/c1-15-29-22-9-7-17(26)12-20(22)25(32)30(15)28-14-21-19-5-3-2-4-16(19)6-10-23(21)35-24-11-8-18(13-27-24)31(33)34/h2-14H,1H3. The molecule has 0 fully saturated rings. The average molecular weight is 530 g/mol. The van der Waals surface area contributed by atoms with Gasteiger partial charge in [0.15, 0.2) is 0 Å². The molecule has 0 aliphatic carbocycles. The quantitative estimate of drug-likeness (QED) is 0.166. The first kappa shape index (κ1) is 22.4. The van der Waals surface area contributed by atoms with Crippen molar-refractivity contribution >= 4 is 49.5 Å². The fourth-order valence-electron chi connectivity index (χ4n) is 3.66. The fourth-order valence-corrected chi connectivity index (χ4v) is 4.02. The summed E-state index contributed by atoms with van der Waals surface area (Å²) in [6.07, 6.45) is 2.68. The van der Waals surface area contributed by atoms with E-state index >= 15 is 0 Å². The van der Waals surface area contributed by atoms with Gasteiger partial charge in [0.05, 0.1) is 22.0 Å². The van der Waals surface area contributed by atoms with Gasteiger partial charge in [0.2, 0.25) is 5.88 Å². The number of aromatic nitrogens is 3. The van der Waals surface area contributed by atoms with E-state index in [1.165, 1.54) is 16.8 Å². The number of nitro groups is 1. The zero-order chi connectivity index (χ0) is 24.5. The van der Waals surface area contributed by atoms with E-state index in [0.717, 1.165) is 21.4 Å². The van der Waals surface area contributed by atoms with Crippen molar-refractivity contribution in [3.63, 3.8) is 0 Å². The number of hydrogen-bond acceptors (Lipinski definition) is 7. The summed E-state index contributed by atoms with van der Waals surface area (Å²) in [5.41, 5.74) is 0.761. The van der Waals surface area contributed by atoms with Crippen LogP contribution in [0.25, 0.3) is 21.7 Å². The Morgan fingerprint density at radius 3 is 2.69 bits per heavy atom. The van der Waals surface area contributed by atoms with Crippen LogP contribution in [0, 0.1) is 17.0 Å². The molecular formula is C25H16BrN5O4. The Morgan fingerprint density at radius 2 is 1.91 bits per heavy atom. The number of ether oxygens (including phenoxy) is 1. The minimum Gasteiger partial charge on any atom is -0.438 e. The third-order valence-electron chi connectivity index (χ3n) is 5.35. The molecular weight excluding hydrogens is 514 g/mol. The highest BCUT2D eigenvalue weighted by Gasteiger charge is 2.13. The van der Waals surface area contributed by atoms with Crippen molar-refractivity contribution in [2.45, 2.75) is 6.92 Å². The molecule has 0 N–H and O–H groups in total. The maximum Gasteiger partial charge on any atom is 0.287 e. The third kappa shape index (κ3) is 4.38. The van der Waals surface area contributed by atoms with E-state index in [4.69, 9.17) is 4.74 Å². The topological polar surface area (TPSA) is 113 Å². The smallest absolute Gasteiger partial charge is 0.287 e. The molecule has 0 saturated carbocycles. The zero-order valence-corrected chi connectivity index (χ0v) is 19.8. The first-order valence-corrected chi connectivity index (χ1v) is 11.2. The maximum absolute atomic E-state index is 13.1. The second-order valence-electron chi connectivity index (χ2n) is 7.59. The van der Waals surface area contributed by atoms with Gasteiger partial charge in [-0.2, -0.15) is 9.78 Å². The zero-order valence-electron chi connectivity index (χ0n) is 18.3. The first-order valence-electron chi connectivity index (χ1n) is 10.4. The Balaban J connectivity index is 1.62. The van der Waals surface area contributed by atoms with E-state index in [0.29, 0.717) is 28.0 Å². The molecule has 0 aliphatic heterocycles. The number of nitrogens with zero attached hydrogens (tertiary/aromatic N) is 5. The van der Waals surface area contributed by atoms with E-state index in [9.17, 15) is 14.9 Å². The van der Waals surface area contributed by atoms with Crippen LogP contribution < -0.4 is 10.3 Å². The largest absolute Gasteiger partial charge is 0.438 e. The van der Waals surface area contributed by atoms with Gasteiger partial charge in [-0.1, -0.05) is 46.3 Å². The molecule has 10 heteroatoms. The molecule has 0 atom stereocenters. The van der Waals surface area contributed by atoms with Crippen LogP contribution in [0.2, 0.25) is 0 Å². The van der Waals surface area contributed by atoms with Crippen molar-refractivity contribution in [3.8, 4) is 11.6 Å². The maximum atomic E-state index is 13.1. The van der Waals surface area contributed by atoms with Crippen LogP contribution in [0.4, 0.5) is 5.69 Å². The molecule has 5 aromatic rings. The summed E-state index contributed by atoms with van der Waals surface area (Å²) in [5.74, 6) is 1.04. The van der Waals surface area contributed by atoms with Crippen molar-refractivity contribution < 1.29 is 9.66 Å². The number of fused-ring (bicyclic) bond motifs is 2. The van der Waals surface area contributed by atoms with Gasteiger partial charge < -0.3 is 4.74 Å². The van der Waals surface area contributed by atoms with Crippen molar-refractivity contribution in [1.29, 1.82) is 0 Å². The molecule has 3 aromatic carbocycles. The Bertz CT molecular complexity index is 1700. The molecule has 0 aliphatic rings. The van der Waals surface area contributed by atoms with Crippen molar-refractivity contribution in [2.75, 3.05) is 0 Å². The van der Waals surface area contributed by atoms with Crippen LogP contribution in [-0.4, -0.2) is 25.8 Å². The molecule has 5 rings (SSSR count). The first-order chi connectivity index (χ1) is 16.9. The highest BCUT2D eigenvalue weighted by atomic mass is 79.9. The van der Waals surface area contributed by atoms with Crippen LogP contribution in [0.5, 0.6) is 11.6 Å². The fraction of sp³-hybridized carbons (Fsp3) is 0.0400. The van der Waals surface area contributed by atoms with Crippen LogP contribution in [-0.2, 0) is 0 Å². The Hall–Kier alpha value is -4.44. The predicted octanol–water partition coefficient (Wildman–Crippen LogP) is 5.60. The normalized spacial score (nSPS) is 11.4. The van der Waals surface area contributed by atoms with Crippen LogP contribution >= 0.6 is 15.9 Å². The molecule has 0 spiro atoms. The van der Waals surface area contributed by atoms with Gasteiger partial charge in [-0.15, -0.1) is 0 Å². The average Bonchev–Trinajstić information content (AvgIpc) is 2.85. The summed E-state index contributed by atoms with van der Waals surface area (Å²) in [6.45, 7) is 1.71. The minimum atomic E-state index is -0.527. The number of pyridine rings is 1. The Labute approximate surface area is 206 Å². The van der Waals surface area contributed by atoms with Gasteiger partial charge >= 0.3 is 0 Å². The van der Waals surface area contributed by atoms with Crippen molar-refractivity contribution in [3.05, 3.63) is 109 Å². The highest BCUT2D eigenvalue weighted by Crippen LogP contribution is 2.30. The molecule has 2 heterocycles. The molecule has 0 saturated heterocycles. The molecule has 0 bridgehead atoms. The molecule has 2 aromatic heterocycles. The van der Waals surface area contributed by atoms with Gasteiger partial charge in [0, 0.05) is 22.2 Å². The minimum absolute atomic E-state index is 0.136. The lowest BCUT2D eigenvalue weighted by atomic mass is 10.0. The third-order valence-corrected chi connectivity index (χ3v) is 5.84. The van der Waals surface area contributed by atoms with E-state index < -0.39 is 4.92 Å². The lowest BCUT2D eigenvalue weighted by molar-refractivity contribution is -0.385. The van der Waals surface area contributed by atoms with Crippen LogP contribution in [0.3, 0.4) is 0 Å². The van der Waals surface area contributed by atoms with Gasteiger partial charge in [0.1, 0.15) is 17.8 Å². The molecule has 172 valence electrons. The molecule has 0 amide bonds.